The Bertz CT molecular complexity index is 896. The van der Waals surface area contributed by atoms with Gasteiger partial charge in [0.25, 0.3) is 5.92 Å². The number of ether oxygens (including phenoxy) is 1. The van der Waals surface area contributed by atoms with Crippen LogP contribution in [0.3, 0.4) is 0 Å². The fourth-order valence-corrected chi connectivity index (χ4v) is 4.04. The van der Waals surface area contributed by atoms with Crippen molar-refractivity contribution in [2.24, 2.45) is 5.73 Å². The van der Waals surface area contributed by atoms with Gasteiger partial charge in [0.2, 0.25) is 5.95 Å². The van der Waals surface area contributed by atoms with E-state index in [2.05, 4.69) is 11.9 Å². The van der Waals surface area contributed by atoms with Gasteiger partial charge < -0.3 is 15.4 Å². The third kappa shape index (κ3) is 2.56. The lowest BCUT2D eigenvalue weighted by Crippen LogP contribution is -2.54. The number of benzene rings is 1. The summed E-state index contributed by atoms with van der Waals surface area (Å²) in [6.07, 6.45) is 1.12. The fraction of sp³-hybridized carbons (Fsp3) is 0.500. The highest BCUT2D eigenvalue weighted by atomic mass is 19.3. The molecular weight excluding hydrogens is 350 g/mol. The Kier molecular flexibility index (Phi) is 3.58. The molecule has 5 nitrogen and oxygen atoms in total. The monoisotopic (exact) mass is 372 g/mol. The Morgan fingerprint density at radius 3 is 2.48 bits per heavy atom. The molecule has 2 fully saturated rings. The quantitative estimate of drug-likeness (QED) is 0.897. The molecule has 3 heterocycles. The molecule has 0 amide bonds. The van der Waals surface area contributed by atoms with Crippen molar-refractivity contribution in [3.05, 3.63) is 41.1 Å². The Morgan fingerprint density at radius 2 is 1.93 bits per heavy atom. The van der Waals surface area contributed by atoms with Crippen LogP contribution < -0.4 is 10.6 Å². The van der Waals surface area contributed by atoms with Crippen molar-refractivity contribution in [3.63, 3.8) is 0 Å². The molecule has 27 heavy (non-hydrogen) atoms. The van der Waals surface area contributed by atoms with Gasteiger partial charge >= 0.3 is 0 Å². The summed E-state index contributed by atoms with van der Waals surface area (Å²) in [5, 5.41) is 0. The van der Waals surface area contributed by atoms with Crippen molar-refractivity contribution in [1.82, 2.24) is 9.97 Å². The van der Waals surface area contributed by atoms with E-state index in [4.69, 9.17) is 15.5 Å². The first-order valence-electron chi connectivity index (χ1n) is 9.41. The molecule has 7 heteroatoms. The average Bonchev–Trinajstić information content (AvgIpc) is 2.93. The molecule has 2 aliphatic heterocycles. The molecule has 1 unspecified atom stereocenters. The largest absolute Gasteiger partial charge is 0.377 e. The zero-order chi connectivity index (χ0) is 18.8. The highest BCUT2D eigenvalue weighted by Gasteiger charge is 2.44. The second-order valence-corrected chi connectivity index (χ2v) is 7.96. The summed E-state index contributed by atoms with van der Waals surface area (Å²) in [4.78, 5) is 11.0. The fourth-order valence-electron chi connectivity index (χ4n) is 4.04. The van der Waals surface area contributed by atoms with Crippen LogP contribution in [-0.2, 0) is 22.6 Å². The van der Waals surface area contributed by atoms with Crippen molar-refractivity contribution in [2.75, 3.05) is 24.7 Å². The molecule has 142 valence electrons. The lowest BCUT2D eigenvalue weighted by Gasteiger charge is -2.39. The van der Waals surface area contributed by atoms with Crippen LogP contribution in [0.25, 0.3) is 11.3 Å². The molecule has 1 aromatic carbocycles. The number of alkyl halides is 2. The molecule has 2 saturated heterocycles. The van der Waals surface area contributed by atoms with Crippen LogP contribution in [0.1, 0.15) is 36.6 Å². The zero-order valence-electron chi connectivity index (χ0n) is 15.2. The Labute approximate surface area is 156 Å². The number of anilines is 1. The van der Waals surface area contributed by atoms with Gasteiger partial charge in [-0.15, -0.1) is 0 Å². The average molecular weight is 372 g/mol. The molecule has 0 spiro atoms. The van der Waals surface area contributed by atoms with E-state index in [1.165, 1.54) is 0 Å². The molecule has 0 saturated carbocycles. The predicted molar refractivity (Wildman–Crippen MR) is 97.8 cm³/mol. The topological polar surface area (TPSA) is 64.3 Å². The van der Waals surface area contributed by atoms with Crippen molar-refractivity contribution < 1.29 is 13.5 Å². The third-order valence-electron chi connectivity index (χ3n) is 6.06. The second-order valence-electron chi connectivity index (χ2n) is 7.96. The van der Waals surface area contributed by atoms with Crippen LogP contribution >= 0.6 is 0 Å². The molecule has 2 N–H and O–H groups in total. The standard InChI is InChI=1S/C20H22F2N4O/c1-12-7-9-26(12)18-24-16(15-6-8-20(21,22)17(15)25-18)13-2-4-14(5-3-13)19(23)10-27-11-19/h2-5,12H,6-11,23H2,1H3. The number of hydrogen-bond donors (Lipinski definition) is 1. The summed E-state index contributed by atoms with van der Waals surface area (Å²) in [7, 11) is 0. The van der Waals surface area contributed by atoms with Gasteiger partial charge in [0.1, 0.15) is 5.69 Å². The van der Waals surface area contributed by atoms with Gasteiger partial charge in [0.05, 0.1) is 24.4 Å². The maximum atomic E-state index is 14.4. The third-order valence-corrected chi connectivity index (χ3v) is 6.06. The number of nitrogens with zero attached hydrogens (tertiary/aromatic N) is 3. The summed E-state index contributed by atoms with van der Waals surface area (Å²) < 4.78 is 34.1. The number of rotatable bonds is 3. The van der Waals surface area contributed by atoms with E-state index in [0.717, 1.165) is 24.1 Å². The SMILES string of the molecule is CC1CCN1c1nc(-c2ccc(C3(N)COC3)cc2)c2c(n1)C(F)(F)CC2. The summed E-state index contributed by atoms with van der Waals surface area (Å²) in [5.41, 5.74) is 8.74. The molecule has 0 radical (unpaired) electrons. The molecule has 3 aliphatic rings. The molecular formula is C20H22F2N4O. The normalized spacial score (nSPS) is 24.9. The maximum Gasteiger partial charge on any atom is 0.290 e. The van der Waals surface area contributed by atoms with Crippen molar-refractivity contribution in [3.8, 4) is 11.3 Å². The summed E-state index contributed by atoms with van der Waals surface area (Å²) in [6.45, 7) is 3.87. The van der Waals surface area contributed by atoms with E-state index in [-0.39, 0.29) is 18.2 Å². The highest BCUT2D eigenvalue weighted by molar-refractivity contribution is 5.67. The van der Waals surface area contributed by atoms with Crippen molar-refractivity contribution in [2.45, 2.75) is 43.7 Å². The van der Waals surface area contributed by atoms with Gasteiger partial charge in [-0.05, 0) is 25.3 Å². The van der Waals surface area contributed by atoms with Gasteiger partial charge in [-0.1, -0.05) is 24.3 Å². The molecule has 5 rings (SSSR count). The van der Waals surface area contributed by atoms with Crippen molar-refractivity contribution in [1.29, 1.82) is 0 Å². The lowest BCUT2D eigenvalue weighted by atomic mass is 9.88. The van der Waals surface area contributed by atoms with Crippen LogP contribution in [0.15, 0.2) is 24.3 Å². The van der Waals surface area contributed by atoms with E-state index in [0.29, 0.717) is 36.8 Å². The minimum absolute atomic E-state index is 0.103. The number of fused-ring (bicyclic) bond motifs is 1. The Balaban J connectivity index is 1.59. The van der Waals surface area contributed by atoms with Gasteiger partial charge in [-0.3, -0.25) is 0 Å². The Morgan fingerprint density at radius 1 is 1.19 bits per heavy atom. The first-order valence-corrected chi connectivity index (χ1v) is 9.41. The molecule has 1 aliphatic carbocycles. The van der Waals surface area contributed by atoms with Gasteiger partial charge in [-0.25, -0.2) is 9.97 Å². The summed E-state index contributed by atoms with van der Waals surface area (Å²) >= 11 is 0. The smallest absolute Gasteiger partial charge is 0.290 e. The molecule has 1 aromatic heterocycles. The first-order chi connectivity index (χ1) is 12.9. The second kappa shape index (κ2) is 5.69. The van der Waals surface area contributed by atoms with E-state index in [1.807, 2.05) is 29.2 Å². The zero-order valence-corrected chi connectivity index (χ0v) is 15.2. The molecule has 2 aromatic rings. The summed E-state index contributed by atoms with van der Waals surface area (Å²) in [6, 6.07) is 8.02. The number of halogens is 2. The van der Waals surface area contributed by atoms with Crippen LogP contribution in [-0.4, -0.2) is 35.8 Å². The lowest BCUT2D eigenvalue weighted by molar-refractivity contribution is -0.0569. The molecule has 1 atom stereocenters. The van der Waals surface area contributed by atoms with Gasteiger partial charge in [0.15, 0.2) is 0 Å². The van der Waals surface area contributed by atoms with Gasteiger partial charge in [-0.2, -0.15) is 8.78 Å². The van der Waals surface area contributed by atoms with E-state index in [9.17, 15) is 8.78 Å². The Hall–Kier alpha value is -2.12. The number of nitrogens with two attached hydrogens (primary N) is 1. The van der Waals surface area contributed by atoms with Crippen LogP contribution in [0.5, 0.6) is 0 Å². The minimum Gasteiger partial charge on any atom is -0.377 e. The van der Waals surface area contributed by atoms with Crippen LogP contribution in [0.4, 0.5) is 14.7 Å². The minimum atomic E-state index is -2.89. The molecule has 0 bridgehead atoms. The van der Waals surface area contributed by atoms with E-state index >= 15 is 0 Å². The summed E-state index contributed by atoms with van der Waals surface area (Å²) in [5.74, 6) is -2.48. The van der Waals surface area contributed by atoms with Crippen LogP contribution in [0, 0.1) is 0 Å². The van der Waals surface area contributed by atoms with Crippen molar-refractivity contribution >= 4 is 5.95 Å². The van der Waals surface area contributed by atoms with E-state index in [1.54, 1.807) is 0 Å². The first kappa shape index (κ1) is 17.0. The number of hydrogen-bond acceptors (Lipinski definition) is 5. The number of aromatic nitrogens is 2. The van der Waals surface area contributed by atoms with Crippen LogP contribution in [0.2, 0.25) is 0 Å². The maximum absolute atomic E-state index is 14.4. The predicted octanol–water partition coefficient (Wildman–Crippen LogP) is 2.96. The van der Waals surface area contributed by atoms with Gasteiger partial charge in [0, 0.05) is 30.1 Å². The van der Waals surface area contributed by atoms with E-state index < -0.39 is 11.5 Å². The highest BCUT2D eigenvalue weighted by Crippen LogP contribution is 2.45.